The third-order valence-corrected chi connectivity index (χ3v) is 4.95. The SMILES string of the molecule is COC(=O)c1ccc(-c2cnn3c(NCCOCCO)cc(-c4ccccc4)nc23)cc1. The van der Waals surface area contributed by atoms with E-state index >= 15 is 0 Å². The molecule has 0 aliphatic rings. The predicted octanol–water partition coefficient (Wildman–Crippen LogP) is 3.27. The lowest BCUT2D eigenvalue weighted by Gasteiger charge is -2.11. The van der Waals surface area contributed by atoms with E-state index in [2.05, 4.69) is 10.4 Å². The van der Waals surface area contributed by atoms with Gasteiger partial charge in [-0.2, -0.15) is 9.61 Å². The lowest BCUT2D eigenvalue weighted by Crippen LogP contribution is -2.14. The van der Waals surface area contributed by atoms with Crippen molar-refractivity contribution in [1.29, 1.82) is 0 Å². The Balaban J connectivity index is 1.73. The van der Waals surface area contributed by atoms with Crippen LogP contribution in [-0.4, -0.2) is 59.1 Å². The molecule has 0 spiro atoms. The first-order valence-corrected chi connectivity index (χ1v) is 10.3. The fraction of sp³-hybridized carbons (Fsp3) is 0.208. The van der Waals surface area contributed by atoms with Gasteiger partial charge in [0.2, 0.25) is 0 Å². The number of carbonyl (C=O) groups is 1. The van der Waals surface area contributed by atoms with Gasteiger partial charge in [-0.05, 0) is 17.7 Å². The summed E-state index contributed by atoms with van der Waals surface area (Å²) in [7, 11) is 1.36. The molecule has 8 heteroatoms. The highest BCUT2D eigenvalue weighted by atomic mass is 16.5. The minimum absolute atomic E-state index is 0.00502. The Morgan fingerprint density at radius 1 is 1.06 bits per heavy atom. The summed E-state index contributed by atoms with van der Waals surface area (Å²) in [6.07, 6.45) is 1.76. The highest BCUT2D eigenvalue weighted by Gasteiger charge is 2.15. The number of aliphatic hydroxyl groups is 1. The van der Waals surface area contributed by atoms with E-state index in [0.29, 0.717) is 31.0 Å². The minimum atomic E-state index is -0.379. The zero-order chi connectivity index (χ0) is 22.3. The number of fused-ring (bicyclic) bond motifs is 1. The van der Waals surface area contributed by atoms with Crippen molar-refractivity contribution >= 4 is 17.4 Å². The van der Waals surface area contributed by atoms with Gasteiger partial charge in [0.05, 0.1) is 44.4 Å². The second kappa shape index (κ2) is 10.0. The standard InChI is InChI=1S/C24H24N4O4/c1-31-24(30)19-9-7-17(8-10-19)20-16-26-28-22(25-11-13-32-14-12-29)15-21(27-23(20)28)18-5-3-2-4-6-18/h2-10,15-16,25,29H,11-14H2,1H3. The summed E-state index contributed by atoms with van der Waals surface area (Å²) in [6, 6.07) is 19.0. The first-order valence-electron chi connectivity index (χ1n) is 10.3. The van der Waals surface area contributed by atoms with Crippen LogP contribution in [0.25, 0.3) is 28.0 Å². The molecule has 164 valence electrons. The molecule has 0 saturated carbocycles. The monoisotopic (exact) mass is 432 g/mol. The van der Waals surface area contributed by atoms with Crippen molar-refractivity contribution in [3.05, 3.63) is 72.4 Å². The van der Waals surface area contributed by atoms with Gasteiger partial charge < -0.3 is 19.9 Å². The molecule has 4 rings (SSSR count). The molecule has 4 aromatic rings. The molecule has 0 aliphatic carbocycles. The fourth-order valence-electron chi connectivity index (χ4n) is 3.37. The molecule has 0 aliphatic heterocycles. The van der Waals surface area contributed by atoms with Gasteiger partial charge in [0, 0.05) is 23.7 Å². The number of aliphatic hydroxyl groups excluding tert-OH is 1. The Kier molecular flexibility index (Phi) is 6.74. The van der Waals surface area contributed by atoms with E-state index in [1.54, 1.807) is 22.8 Å². The number of methoxy groups -OCH3 is 1. The molecular weight excluding hydrogens is 408 g/mol. The van der Waals surface area contributed by atoms with Crippen LogP contribution in [0.4, 0.5) is 5.82 Å². The molecule has 2 aromatic carbocycles. The van der Waals surface area contributed by atoms with E-state index in [-0.39, 0.29) is 12.6 Å². The number of aromatic nitrogens is 3. The summed E-state index contributed by atoms with van der Waals surface area (Å²) in [5.74, 6) is 0.398. The van der Waals surface area contributed by atoms with Crippen LogP contribution in [0.5, 0.6) is 0 Å². The van der Waals surface area contributed by atoms with Crippen molar-refractivity contribution in [2.45, 2.75) is 0 Å². The van der Waals surface area contributed by atoms with Gasteiger partial charge in [-0.1, -0.05) is 42.5 Å². The minimum Gasteiger partial charge on any atom is -0.465 e. The van der Waals surface area contributed by atoms with Crippen molar-refractivity contribution < 1.29 is 19.4 Å². The van der Waals surface area contributed by atoms with Crippen LogP contribution >= 0.6 is 0 Å². The normalized spacial score (nSPS) is 10.9. The molecule has 0 radical (unpaired) electrons. The smallest absolute Gasteiger partial charge is 0.337 e. The van der Waals surface area contributed by atoms with E-state index in [4.69, 9.17) is 19.6 Å². The third kappa shape index (κ3) is 4.61. The lowest BCUT2D eigenvalue weighted by atomic mass is 10.1. The molecular formula is C24H24N4O4. The lowest BCUT2D eigenvalue weighted by molar-refractivity contribution is 0.0600. The average molecular weight is 432 g/mol. The Labute approximate surface area is 185 Å². The van der Waals surface area contributed by atoms with Crippen molar-refractivity contribution in [3.8, 4) is 22.4 Å². The van der Waals surface area contributed by atoms with Gasteiger partial charge in [0.15, 0.2) is 5.65 Å². The molecule has 2 aromatic heterocycles. The first kappa shape index (κ1) is 21.5. The molecule has 0 amide bonds. The number of benzene rings is 2. The number of anilines is 1. The number of hydrogen-bond donors (Lipinski definition) is 2. The van der Waals surface area contributed by atoms with Gasteiger partial charge >= 0.3 is 5.97 Å². The molecule has 0 unspecified atom stereocenters. The van der Waals surface area contributed by atoms with Crippen LogP contribution in [0.15, 0.2) is 66.9 Å². The topological polar surface area (TPSA) is 98.0 Å². The molecule has 0 bridgehead atoms. The van der Waals surface area contributed by atoms with E-state index < -0.39 is 0 Å². The van der Waals surface area contributed by atoms with E-state index in [1.165, 1.54) is 7.11 Å². The highest BCUT2D eigenvalue weighted by Crippen LogP contribution is 2.29. The fourth-order valence-corrected chi connectivity index (χ4v) is 3.37. The van der Waals surface area contributed by atoms with Crippen LogP contribution in [0.3, 0.4) is 0 Å². The second-order valence-corrected chi connectivity index (χ2v) is 7.02. The van der Waals surface area contributed by atoms with Gasteiger partial charge in [0.25, 0.3) is 0 Å². The Hall–Kier alpha value is -3.75. The van der Waals surface area contributed by atoms with Crippen molar-refractivity contribution in [3.63, 3.8) is 0 Å². The number of ether oxygens (including phenoxy) is 2. The first-order chi connectivity index (χ1) is 15.7. The Morgan fingerprint density at radius 2 is 1.84 bits per heavy atom. The average Bonchev–Trinajstić information content (AvgIpc) is 3.28. The molecule has 0 atom stereocenters. The summed E-state index contributed by atoms with van der Waals surface area (Å²) < 4.78 is 11.9. The van der Waals surface area contributed by atoms with E-state index in [1.807, 2.05) is 48.5 Å². The zero-order valence-corrected chi connectivity index (χ0v) is 17.7. The van der Waals surface area contributed by atoms with Crippen LogP contribution in [-0.2, 0) is 9.47 Å². The van der Waals surface area contributed by atoms with Crippen LogP contribution in [0.2, 0.25) is 0 Å². The Bertz CT molecular complexity index is 1190. The van der Waals surface area contributed by atoms with Crippen LogP contribution < -0.4 is 5.32 Å². The molecule has 32 heavy (non-hydrogen) atoms. The van der Waals surface area contributed by atoms with Crippen molar-refractivity contribution in [1.82, 2.24) is 14.6 Å². The summed E-state index contributed by atoms with van der Waals surface area (Å²) in [4.78, 5) is 16.6. The van der Waals surface area contributed by atoms with Gasteiger partial charge in [0.1, 0.15) is 5.82 Å². The van der Waals surface area contributed by atoms with Gasteiger partial charge in [-0.15, -0.1) is 0 Å². The summed E-state index contributed by atoms with van der Waals surface area (Å²) in [6.45, 7) is 1.30. The number of rotatable bonds is 9. The van der Waals surface area contributed by atoms with E-state index in [0.717, 1.165) is 28.2 Å². The molecule has 2 N–H and O–H groups in total. The largest absolute Gasteiger partial charge is 0.465 e. The molecule has 2 heterocycles. The number of hydrogen-bond acceptors (Lipinski definition) is 7. The quantitative estimate of drug-likeness (QED) is 0.309. The highest BCUT2D eigenvalue weighted by molar-refractivity contribution is 5.90. The predicted molar refractivity (Wildman–Crippen MR) is 122 cm³/mol. The summed E-state index contributed by atoms with van der Waals surface area (Å²) >= 11 is 0. The van der Waals surface area contributed by atoms with E-state index in [9.17, 15) is 4.79 Å². The number of esters is 1. The van der Waals surface area contributed by atoms with Crippen molar-refractivity contribution in [2.24, 2.45) is 0 Å². The summed E-state index contributed by atoms with van der Waals surface area (Å²) in [5.41, 5.74) is 4.71. The van der Waals surface area contributed by atoms with Gasteiger partial charge in [-0.3, -0.25) is 0 Å². The molecule has 8 nitrogen and oxygen atoms in total. The number of carbonyl (C=O) groups excluding carboxylic acids is 1. The van der Waals surface area contributed by atoms with Gasteiger partial charge in [-0.25, -0.2) is 9.78 Å². The van der Waals surface area contributed by atoms with Crippen LogP contribution in [0, 0.1) is 0 Å². The Morgan fingerprint density at radius 3 is 2.56 bits per heavy atom. The molecule has 0 saturated heterocycles. The molecule has 0 fully saturated rings. The van der Waals surface area contributed by atoms with Crippen LogP contribution in [0.1, 0.15) is 10.4 Å². The maximum Gasteiger partial charge on any atom is 0.337 e. The summed E-state index contributed by atoms with van der Waals surface area (Å²) in [5, 5.41) is 16.7. The van der Waals surface area contributed by atoms with Crippen molar-refractivity contribution in [2.75, 3.05) is 38.8 Å². The maximum absolute atomic E-state index is 11.8. The number of nitrogens with one attached hydrogen (secondary N) is 1. The second-order valence-electron chi connectivity index (χ2n) is 7.02. The number of nitrogens with zero attached hydrogens (tertiary/aromatic N) is 3. The zero-order valence-electron chi connectivity index (χ0n) is 17.7. The maximum atomic E-state index is 11.8. The third-order valence-electron chi connectivity index (χ3n) is 4.95.